The van der Waals surface area contributed by atoms with Crippen LogP contribution in [0.25, 0.3) is 11.3 Å². The second kappa shape index (κ2) is 7.61. The van der Waals surface area contributed by atoms with Gasteiger partial charge in [0.05, 0.1) is 5.69 Å². The van der Waals surface area contributed by atoms with E-state index in [4.69, 9.17) is 0 Å². The van der Waals surface area contributed by atoms with E-state index in [9.17, 15) is 4.79 Å². The highest BCUT2D eigenvalue weighted by Gasteiger charge is 2.24. The molecule has 0 bridgehead atoms. The molecule has 0 aliphatic carbocycles. The number of hydrogen-bond donors (Lipinski definition) is 2. The number of amides is 1. The van der Waals surface area contributed by atoms with Crippen LogP contribution in [0.1, 0.15) is 28.8 Å². The van der Waals surface area contributed by atoms with Crippen LogP contribution in [-0.4, -0.2) is 40.2 Å². The van der Waals surface area contributed by atoms with E-state index in [0.717, 1.165) is 54.1 Å². The Morgan fingerprint density at radius 2 is 2.04 bits per heavy atom. The van der Waals surface area contributed by atoms with Gasteiger partial charge in [0.25, 0.3) is 5.91 Å². The minimum atomic E-state index is -0.000507. The van der Waals surface area contributed by atoms with Crippen molar-refractivity contribution >= 4 is 11.7 Å². The van der Waals surface area contributed by atoms with Crippen LogP contribution in [0.2, 0.25) is 0 Å². The molecule has 138 valence electrons. The van der Waals surface area contributed by atoms with Crippen molar-refractivity contribution in [1.82, 2.24) is 20.5 Å². The summed E-state index contributed by atoms with van der Waals surface area (Å²) in [5, 5.41) is 10.8. The van der Waals surface area contributed by atoms with Gasteiger partial charge in [-0.15, -0.1) is 0 Å². The average Bonchev–Trinajstić information content (AvgIpc) is 3.19. The lowest BCUT2D eigenvalue weighted by molar-refractivity contribution is 0.0932. The van der Waals surface area contributed by atoms with E-state index in [1.165, 1.54) is 0 Å². The number of piperidine rings is 1. The molecule has 1 aliphatic heterocycles. The Hall–Kier alpha value is -3.15. The van der Waals surface area contributed by atoms with Crippen LogP contribution >= 0.6 is 0 Å². The molecular formula is C21H23N5O. The molecule has 27 heavy (non-hydrogen) atoms. The number of aromatic amines is 1. The summed E-state index contributed by atoms with van der Waals surface area (Å²) in [6.07, 6.45) is 5.55. The van der Waals surface area contributed by atoms with Crippen molar-refractivity contribution in [2.24, 2.45) is 0 Å². The number of benzene rings is 1. The van der Waals surface area contributed by atoms with Crippen LogP contribution in [0.3, 0.4) is 0 Å². The topological polar surface area (TPSA) is 73.9 Å². The fourth-order valence-electron chi connectivity index (χ4n) is 3.55. The molecule has 3 heterocycles. The third kappa shape index (κ3) is 3.84. The number of aryl methyl sites for hydroxylation is 1. The van der Waals surface area contributed by atoms with E-state index in [2.05, 4.69) is 31.5 Å². The van der Waals surface area contributed by atoms with Crippen LogP contribution in [0.15, 0.2) is 54.9 Å². The first-order valence-electron chi connectivity index (χ1n) is 9.28. The number of H-pyrrole nitrogens is 1. The molecule has 1 aromatic carbocycles. The van der Waals surface area contributed by atoms with E-state index in [-0.39, 0.29) is 11.9 Å². The molecule has 2 N–H and O–H groups in total. The zero-order chi connectivity index (χ0) is 18.6. The van der Waals surface area contributed by atoms with Gasteiger partial charge in [-0.1, -0.05) is 18.2 Å². The van der Waals surface area contributed by atoms with Crippen molar-refractivity contribution in [3.05, 3.63) is 66.0 Å². The number of anilines is 1. The maximum absolute atomic E-state index is 12.6. The van der Waals surface area contributed by atoms with Crippen molar-refractivity contribution in [3.63, 3.8) is 0 Å². The number of nitrogens with zero attached hydrogens (tertiary/aromatic N) is 3. The lowest BCUT2D eigenvalue weighted by Gasteiger charge is -2.33. The maximum atomic E-state index is 12.6. The van der Waals surface area contributed by atoms with Gasteiger partial charge in [0, 0.05) is 48.7 Å². The number of carbonyl (C=O) groups is 1. The zero-order valence-electron chi connectivity index (χ0n) is 15.4. The van der Waals surface area contributed by atoms with E-state index in [1.807, 2.05) is 43.3 Å². The molecule has 1 unspecified atom stereocenters. The summed E-state index contributed by atoms with van der Waals surface area (Å²) in [5.74, 6) is 0.913. The Labute approximate surface area is 158 Å². The third-order valence-electron chi connectivity index (χ3n) is 5.03. The summed E-state index contributed by atoms with van der Waals surface area (Å²) in [6.45, 7) is 3.67. The first kappa shape index (κ1) is 17.3. The fourth-order valence-corrected chi connectivity index (χ4v) is 3.55. The first-order chi connectivity index (χ1) is 13.2. The van der Waals surface area contributed by atoms with Crippen LogP contribution in [-0.2, 0) is 0 Å². The maximum Gasteiger partial charge on any atom is 0.251 e. The number of carbonyl (C=O) groups excluding carboxylic acids is 1. The second-order valence-corrected chi connectivity index (χ2v) is 6.95. The van der Waals surface area contributed by atoms with Gasteiger partial charge in [-0.2, -0.15) is 5.10 Å². The molecule has 1 aliphatic rings. The largest absolute Gasteiger partial charge is 0.353 e. The van der Waals surface area contributed by atoms with Gasteiger partial charge >= 0.3 is 0 Å². The van der Waals surface area contributed by atoms with Gasteiger partial charge in [-0.05, 0) is 43.5 Å². The first-order valence-corrected chi connectivity index (χ1v) is 9.28. The standard InChI is InChI=1S/C21H23N5O/c1-15-5-2-3-7-18(15)21(27)23-17-6-4-12-26(14-17)20-13-19(24-25-20)16-8-10-22-11-9-16/h2-3,5,7-11,13,17H,4,6,12,14H2,1H3,(H,23,27)(H,24,25). The summed E-state index contributed by atoms with van der Waals surface area (Å²) < 4.78 is 0. The lowest BCUT2D eigenvalue weighted by atomic mass is 10.0. The molecule has 4 rings (SSSR count). The molecule has 0 saturated carbocycles. The molecule has 1 fully saturated rings. The molecule has 0 radical (unpaired) electrons. The predicted octanol–water partition coefficient (Wildman–Crippen LogP) is 3.18. The minimum absolute atomic E-state index is 0.000507. The molecule has 1 atom stereocenters. The van der Waals surface area contributed by atoms with E-state index in [1.54, 1.807) is 12.4 Å². The van der Waals surface area contributed by atoms with Gasteiger partial charge in [0.2, 0.25) is 0 Å². The molecular weight excluding hydrogens is 338 g/mol. The normalized spacial score (nSPS) is 16.9. The number of aromatic nitrogens is 3. The molecule has 2 aromatic heterocycles. The highest BCUT2D eigenvalue weighted by atomic mass is 16.1. The zero-order valence-corrected chi connectivity index (χ0v) is 15.4. The van der Waals surface area contributed by atoms with Gasteiger partial charge in [-0.3, -0.25) is 14.9 Å². The molecule has 1 amide bonds. The van der Waals surface area contributed by atoms with E-state index >= 15 is 0 Å². The van der Waals surface area contributed by atoms with Gasteiger partial charge in [0.15, 0.2) is 5.82 Å². The SMILES string of the molecule is Cc1ccccc1C(=O)NC1CCCN(c2cc(-c3ccncc3)[nH]n2)C1. The molecule has 6 heteroatoms. The number of nitrogens with one attached hydrogen (secondary N) is 2. The van der Waals surface area contributed by atoms with Crippen molar-refractivity contribution < 1.29 is 4.79 Å². The quantitative estimate of drug-likeness (QED) is 0.748. The summed E-state index contributed by atoms with van der Waals surface area (Å²) in [4.78, 5) is 18.9. The monoisotopic (exact) mass is 361 g/mol. The van der Waals surface area contributed by atoms with Crippen molar-refractivity contribution in [3.8, 4) is 11.3 Å². The van der Waals surface area contributed by atoms with E-state index in [0.29, 0.717) is 0 Å². The highest BCUT2D eigenvalue weighted by molar-refractivity contribution is 5.95. The second-order valence-electron chi connectivity index (χ2n) is 6.95. The van der Waals surface area contributed by atoms with Crippen molar-refractivity contribution in [2.75, 3.05) is 18.0 Å². The smallest absolute Gasteiger partial charge is 0.251 e. The molecule has 6 nitrogen and oxygen atoms in total. The molecule has 1 saturated heterocycles. The van der Waals surface area contributed by atoms with Gasteiger partial charge in [0.1, 0.15) is 0 Å². The summed E-state index contributed by atoms with van der Waals surface area (Å²) in [7, 11) is 0. The number of rotatable bonds is 4. The van der Waals surface area contributed by atoms with Crippen LogP contribution in [0.5, 0.6) is 0 Å². The van der Waals surface area contributed by atoms with Crippen LogP contribution < -0.4 is 10.2 Å². The van der Waals surface area contributed by atoms with Crippen molar-refractivity contribution in [1.29, 1.82) is 0 Å². The molecule has 0 spiro atoms. The van der Waals surface area contributed by atoms with Crippen LogP contribution in [0.4, 0.5) is 5.82 Å². The predicted molar refractivity (Wildman–Crippen MR) is 106 cm³/mol. The number of hydrogen-bond acceptors (Lipinski definition) is 4. The van der Waals surface area contributed by atoms with Gasteiger partial charge < -0.3 is 10.2 Å². The van der Waals surface area contributed by atoms with Crippen molar-refractivity contribution in [2.45, 2.75) is 25.8 Å². The fraction of sp³-hybridized carbons (Fsp3) is 0.286. The Morgan fingerprint density at radius 3 is 2.85 bits per heavy atom. The lowest BCUT2D eigenvalue weighted by Crippen LogP contribution is -2.48. The van der Waals surface area contributed by atoms with E-state index < -0.39 is 0 Å². The molecule has 3 aromatic rings. The number of pyridine rings is 1. The van der Waals surface area contributed by atoms with Gasteiger partial charge in [-0.25, -0.2) is 0 Å². The Bertz CT molecular complexity index is 921. The minimum Gasteiger partial charge on any atom is -0.353 e. The third-order valence-corrected chi connectivity index (χ3v) is 5.03. The Balaban J connectivity index is 1.43. The summed E-state index contributed by atoms with van der Waals surface area (Å²) in [5.41, 5.74) is 3.77. The Morgan fingerprint density at radius 1 is 1.22 bits per heavy atom. The summed E-state index contributed by atoms with van der Waals surface area (Å²) in [6, 6.07) is 13.8. The highest BCUT2D eigenvalue weighted by Crippen LogP contribution is 2.24. The average molecular weight is 361 g/mol. The Kier molecular flexibility index (Phi) is 4.87. The van der Waals surface area contributed by atoms with Crippen LogP contribution in [0, 0.1) is 6.92 Å². The summed E-state index contributed by atoms with van der Waals surface area (Å²) >= 11 is 0.